The van der Waals surface area contributed by atoms with Crippen LogP contribution < -0.4 is 5.32 Å². The van der Waals surface area contributed by atoms with E-state index >= 15 is 0 Å². The van der Waals surface area contributed by atoms with E-state index in [0.29, 0.717) is 0 Å². The summed E-state index contributed by atoms with van der Waals surface area (Å²) in [4.78, 5) is 3.95. The Balaban J connectivity index is 2.38. The largest absolute Gasteiger partial charge is 0.306 e. The third-order valence-electron chi connectivity index (χ3n) is 3.17. The van der Waals surface area contributed by atoms with Crippen LogP contribution in [-0.2, 0) is 0 Å². The van der Waals surface area contributed by atoms with Crippen molar-refractivity contribution in [3.05, 3.63) is 63.6 Å². The molecule has 1 heterocycles. The highest BCUT2D eigenvalue weighted by molar-refractivity contribution is 9.10. The minimum absolute atomic E-state index is 0.0371. The van der Waals surface area contributed by atoms with Crippen LogP contribution in [0.3, 0.4) is 0 Å². The zero-order chi connectivity index (χ0) is 14.5. The Morgan fingerprint density at radius 1 is 1.25 bits per heavy atom. The lowest BCUT2D eigenvalue weighted by Crippen LogP contribution is -2.23. The summed E-state index contributed by atoms with van der Waals surface area (Å²) in [6, 6.07) is 7.69. The molecule has 0 spiro atoms. The number of nitrogens with zero attached hydrogens (tertiary/aromatic N) is 1. The van der Waals surface area contributed by atoms with Gasteiger partial charge in [-0.15, -0.1) is 0 Å². The van der Waals surface area contributed by atoms with Crippen molar-refractivity contribution in [2.45, 2.75) is 26.3 Å². The molecule has 0 saturated heterocycles. The Hall–Kier alpha value is -1.26. The Morgan fingerprint density at radius 3 is 2.70 bits per heavy atom. The number of nitrogens with one attached hydrogen (secondary N) is 1. The van der Waals surface area contributed by atoms with Crippen LogP contribution in [0.1, 0.15) is 36.1 Å². The average Bonchev–Trinajstić information content (AvgIpc) is 2.43. The summed E-state index contributed by atoms with van der Waals surface area (Å²) in [6.07, 6.45) is 3.97. The molecule has 1 atom stereocenters. The molecule has 1 aromatic carbocycles. The lowest BCUT2D eigenvalue weighted by molar-refractivity contribution is 0.580. The highest BCUT2D eigenvalue weighted by Gasteiger charge is 2.15. The number of halogens is 2. The molecule has 1 N–H and O–H groups in total. The first-order valence-corrected chi connectivity index (χ1v) is 7.51. The normalized spacial score (nSPS) is 12.4. The molecule has 106 valence electrons. The third kappa shape index (κ3) is 3.64. The Bertz CT molecular complexity index is 586. The molecule has 0 aliphatic rings. The topological polar surface area (TPSA) is 24.9 Å². The van der Waals surface area contributed by atoms with Crippen molar-refractivity contribution in [2.75, 3.05) is 6.54 Å². The van der Waals surface area contributed by atoms with Crippen LogP contribution in [0.5, 0.6) is 0 Å². The molecule has 2 aromatic rings. The molecular formula is C16H18BrFN2. The van der Waals surface area contributed by atoms with E-state index < -0.39 is 0 Å². The van der Waals surface area contributed by atoms with Gasteiger partial charge in [-0.3, -0.25) is 4.98 Å². The van der Waals surface area contributed by atoms with E-state index in [4.69, 9.17) is 0 Å². The summed E-state index contributed by atoms with van der Waals surface area (Å²) in [7, 11) is 0. The van der Waals surface area contributed by atoms with Crippen molar-refractivity contribution in [1.82, 2.24) is 10.3 Å². The maximum Gasteiger partial charge on any atom is 0.141 e. The molecule has 20 heavy (non-hydrogen) atoms. The highest BCUT2D eigenvalue weighted by Crippen LogP contribution is 2.26. The van der Waals surface area contributed by atoms with Crippen LogP contribution in [0, 0.1) is 12.7 Å². The van der Waals surface area contributed by atoms with Crippen LogP contribution in [0.15, 0.2) is 41.1 Å². The summed E-state index contributed by atoms with van der Waals surface area (Å²) in [5.41, 5.74) is 3.13. The fourth-order valence-electron chi connectivity index (χ4n) is 2.15. The molecule has 0 radical (unpaired) electrons. The maximum atomic E-state index is 13.4. The first kappa shape index (κ1) is 15.1. The molecule has 0 bridgehead atoms. The van der Waals surface area contributed by atoms with E-state index in [2.05, 4.69) is 45.3 Å². The molecule has 0 aliphatic heterocycles. The van der Waals surface area contributed by atoms with Gasteiger partial charge in [-0.2, -0.15) is 0 Å². The molecule has 0 amide bonds. The number of hydrogen-bond acceptors (Lipinski definition) is 2. The first-order chi connectivity index (χ1) is 9.61. The quantitative estimate of drug-likeness (QED) is 0.876. The Kier molecular flexibility index (Phi) is 5.26. The van der Waals surface area contributed by atoms with E-state index in [1.54, 1.807) is 6.20 Å². The molecule has 0 aliphatic carbocycles. The zero-order valence-corrected chi connectivity index (χ0v) is 13.2. The van der Waals surface area contributed by atoms with Crippen molar-refractivity contribution in [2.24, 2.45) is 0 Å². The highest BCUT2D eigenvalue weighted by atomic mass is 79.9. The van der Waals surface area contributed by atoms with Gasteiger partial charge in [0.25, 0.3) is 0 Å². The van der Waals surface area contributed by atoms with Gasteiger partial charge in [0.2, 0.25) is 0 Å². The molecule has 2 nitrogen and oxygen atoms in total. The fourth-order valence-corrected chi connectivity index (χ4v) is 2.40. The summed E-state index contributed by atoms with van der Waals surface area (Å²) >= 11 is 3.51. The lowest BCUT2D eigenvalue weighted by Gasteiger charge is -2.20. The van der Waals surface area contributed by atoms with Crippen LogP contribution in [0.25, 0.3) is 0 Å². The monoisotopic (exact) mass is 336 g/mol. The number of pyridine rings is 1. The second kappa shape index (κ2) is 6.95. The van der Waals surface area contributed by atoms with Gasteiger partial charge >= 0.3 is 0 Å². The predicted molar refractivity (Wildman–Crippen MR) is 83.2 cm³/mol. The molecule has 2 rings (SSSR count). The first-order valence-electron chi connectivity index (χ1n) is 6.71. The van der Waals surface area contributed by atoms with Crippen molar-refractivity contribution in [1.29, 1.82) is 0 Å². The van der Waals surface area contributed by atoms with E-state index in [1.165, 1.54) is 12.3 Å². The standard InChI is InChI=1S/C16H18BrFN2/c1-3-6-20-16(13-8-14(18)10-19-9-13)12-4-5-15(17)11(2)7-12/h4-5,7-10,16,20H,3,6H2,1-2H3. The van der Waals surface area contributed by atoms with Crippen molar-refractivity contribution in [3.63, 3.8) is 0 Å². The van der Waals surface area contributed by atoms with Gasteiger partial charge in [0.05, 0.1) is 12.2 Å². The van der Waals surface area contributed by atoms with Crippen molar-refractivity contribution >= 4 is 15.9 Å². The number of rotatable bonds is 5. The van der Waals surface area contributed by atoms with Crippen LogP contribution >= 0.6 is 15.9 Å². The number of hydrogen-bond donors (Lipinski definition) is 1. The molecular weight excluding hydrogens is 319 g/mol. The second-order valence-corrected chi connectivity index (χ2v) is 5.69. The van der Waals surface area contributed by atoms with Gasteiger partial charge in [-0.25, -0.2) is 4.39 Å². The van der Waals surface area contributed by atoms with Crippen molar-refractivity contribution in [3.8, 4) is 0 Å². The van der Waals surface area contributed by atoms with E-state index in [9.17, 15) is 4.39 Å². The van der Waals surface area contributed by atoms with Gasteiger partial charge in [0, 0.05) is 10.7 Å². The van der Waals surface area contributed by atoms with Crippen molar-refractivity contribution < 1.29 is 4.39 Å². The summed E-state index contributed by atoms with van der Waals surface area (Å²) in [6.45, 7) is 5.03. The summed E-state index contributed by atoms with van der Waals surface area (Å²) < 4.78 is 14.5. The molecule has 1 aromatic heterocycles. The van der Waals surface area contributed by atoms with Gasteiger partial charge in [-0.05, 0) is 48.7 Å². The zero-order valence-electron chi connectivity index (χ0n) is 11.7. The summed E-state index contributed by atoms with van der Waals surface area (Å²) in [5.74, 6) is -0.306. The minimum Gasteiger partial charge on any atom is -0.306 e. The molecule has 0 saturated carbocycles. The summed E-state index contributed by atoms with van der Waals surface area (Å²) in [5, 5.41) is 3.45. The smallest absolute Gasteiger partial charge is 0.141 e. The molecule has 1 unspecified atom stereocenters. The van der Waals surface area contributed by atoms with Crippen LogP contribution in [0.4, 0.5) is 4.39 Å². The third-order valence-corrected chi connectivity index (χ3v) is 4.06. The average molecular weight is 337 g/mol. The lowest BCUT2D eigenvalue weighted by atomic mass is 9.98. The Morgan fingerprint density at radius 2 is 2.05 bits per heavy atom. The maximum absolute atomic E-state index is 13.4. The Labute approximate surface area is 127 Å². The number of aromatic nitrogens is 1. The second-order valence-electron chi connectivity index (χ2n) is 4.83. The number of benzene rings is 1. The van der Waals surface area contributed by atoms with Crippen LogP contribution in [-0.4, -0.2) is 11.5 Å². The fraction of sp³-hybridized carbons (Fsp3) is 0.312. The minimum atomic E-state index is -0.306. The van der Waals surface area contributed by atoms with E-state index in [-0.39, 0.29) is 11.9 Å². The van der Waals surface area contributed by atoms with Gasteiger partial charge < -0.3 is 5.32 Å². The van der Waals surface area contributed by atoms with Crippen LogP contribution in [0.2, 0.25) is 0 Å². The SMILES string of the molecule is CCCNC(c1cncc(F)c1)c1ccc(Br)c(C)c1. The van der Waals surface area contributed by atoms with Gasteiger partial charge in [0.15, 0.2) is 0 Å². The van der Waals surface area contributed by atoms with E-state index in [1.807, 2.05) is 13.0 Å². The van der Waals surface area contributed by atoms with Gasteiger partial charge in [-0.1, -0.05) is 35.0 Å². The van der Waals surface area contributed by atoms with E-state index in [0.717, 1.165) is 34.1 Å². The predicted octanol–water partition coefficient (Wildman–Crippen LogP) is 4.38. The molecule has 0 fully saturated rings. The van der Waals surface area contributed by atoms with Gasteiger partial charge in [0.1, 0.15) is 5.82 Å². The molecule has 4 heteroatoms. The number of aryl methyl sites for hydroxylation is 1.